The van der Waals surface area contributed by atoms with Crippen LogP contribution in [0.4, 0.5) is 4.79 Å². The third kappa shape index (κ3) is 4.91. The Morgan fingerprint density at radius 2 is 2.11 bits per heavy atom. The molecule has 0 aromatic heterocycles. The second-order valence-corrected chi connectivity index (χ2v) is 5.44. The number of amides is 2. The summed E-state index contributed by atoms with van der Waals surface area (Å²) in [6.07, 6.45) is 0.867. The number of urea groups is 1. The van der Waals surface area contributed by atoms with E-state index >= 15 is 0 Å². The number of carboxylic acid groups (broad SMARTS) is 1. The fourth-order valence-corrected chi connectivity index (χ4v) is 2.33. The maximum atomic E-state index is 11.2. The Morgan fingerprint density at radius 3 is 2.61 bits per heavy atom. The Morgan fingerprint density at radius 1 is 1.44 bits per heavy atom. The van der Waals surface area contributed by atoms with Crippen molar-refractivity contribution in [3.05, 3.63) is 0 Å². The molecule has 18 heavy (non-hydrogen) atoms. The molecular formula is C12H23N3O3. The van der Waals surface area contributed by atoms with Crippen molar-refractivity contribution >= 4 is 12.0 Å². The first-order valence-electron chi connectivity index (χ1n) is 6.38. The zero-order valence-electron chi connectivity index (χ0n) is 11.1. The van der Waals surface area contributed by atoms with E-state index in [1.165, 1.54) is 4.90 Å². The minimum atomic E-state index is -0.825. The lowest BCUT2D eigenvalue weighted by atomic mass is 9.91. The second-order valence-electron chi connectivity index (χ2n) is 5.44. The van der Waals surface area contributed by atoms with Crippen molar-refractivity contribution in [3.63, 3.8) is 0 Å². The molecule has 0 aromatic carbocycles. The first kappa shape index (κ1) is 14.8. The van der Waals surface area contributed by atoms with Gasteiger partial charge in [0.05, 0.1) is 0 Å². The summed E-state index contributed by atoms with van der Waals surface area (Å²) in [6, 6.07) is -0.334. The van der Waals surface area contributed by atoms with E-state index in [0.717, 1.165) is 13.0 Å². The van der Waals surface area contributed by atoms with Crippen LogP contribution in [0.3, 0.4) is 0 Å². The van der Waals surface area contributed by atoms with Gasteiger partial charge in [-0.05, 0) is 24.8 Å². The standard InChI is InChI=1S/C12H23N3O3/c1-8(2)5-14-10-3-9(4-11(16)17)6-15(7-10)12(13)18/h8-10,14H,3-7H2,1-2H3,(H2,13,18)(H,16,17). The van der Waals surface area contributed by atoms with Gasteiger partial charge in [-0.2, -0.15) is 0 Å². The van der Waals surface area contributed by atoms with Crippen molar-refractivity contribution in [1.82, 2.24) is 10.2 Å². The van der Waals surface area contributed by atoms with Crippen molar-refractivity contribution in [2.45, 2.75) is 32.7 Å². The number of aliphatic carboxylic acids is 1. The molecule has 1 fully saturated rings. The van der Waals surface area contributed by atoms with Crippen molar-refractivity contribution in [2.75, 3.05) is 19.6 Å². The van der Waals surface area contributed by atoms with Crippen LogP contribution in [0.25, 0.3) is 0 Å². The average molecular weight is 257 g/mol. The Labute approximate surface area is 108 Å². The number of likely N-dealkylation sites (tertiary alicyclic amines) is 1. The Hall–Kier alpha value is -1.30. The zero-order valence-corrected chi connectivity index (χ0v) is 11.1. The Kier molecular flexibility index (Phi) is 5.40. The van der Waals surface area contributed by atoms with Gasteiger partial charge >= 0.3 is 12.0 Å². The summed E-state index contributed by atoms with van der Waals surface area (Å²) in [7, 11) is 0. The molecule has 0 bridgehead atoms. The normalized spacial score (nSPS) is 24.3. The lowest BCUT2D eigenvalue weighted by molar-refractivity contribution is -0.138. The van der Waals surface area contributed by atoms with Crippen molar-refractivity contribution in [3.8, 4) is 0 Å². The van der Waals surface area contributed by atoms with E-state index in [0.29, 0.717) is 19.0 Å². The van der Waals surface area contributed by atoms with Crippen LogP contribution in [-0.2, 0) is 4.79 Å². The highest BCUT2D eigenvalue weighted by molar-refractivity contribution is 5.72. The Balaban J connectivity index is 2.56. The quantitative estimate of drug-likeness (QED) is 0.667. The highest BCUT2D eigenvalue weighted by Crippen LogP contribution is 2.20. The van der Waals surface area contributed by atoms with Crippen LogP contribution in [0.5, 0.6) is 0 Å². The van der Waals surface area contributed by atoms with Crippen LogP contribution in [0.15, 0.2) is 0 Å². The SMILES string of the molecule is CC(C)CNC1CC(CC(=O)O)CN(C(N)=O)C1. The number of hydrogen-bond donors (Lipinski definition) is 3. The van der Waals surface area contributed by atoms with E-state index in [1.54, 1.807) is 0 Å². The lowest BCUT2D eigenvalue weighted by Crippen LogP contribution is -2.53. The van der Waals surface area contributed by atoms with Gasteiger partial charge in [-0.3, -0.25) is 4.79 Å². The van der Waals surface area contributed by atoms with Gasteiger partial charge in [-0.25, -0.2) is 4.79 Å². The minimum absolute atomic E-state index is 0.0200. The Bertz CT molecular complexity index is 307. The topological polar surface area (TPSA) is 95.7 Å². The molecule has 0 saturated carbocycles. The fourth-order valence-electron chi connectivity index (χ4n) is 2.33. The molecule has 6 heteroatoms. The van der Waals surface area contributed by atoms with Crippen molar-refractivity contribution in [1.29, 1.82) is 0 Å². The number of rotatable bonds is 5. The van der Waals surface area contributed by atoms with E-state index in [2.05, 4.69) is 19.2 Å². The number of carbonyl (C=O) groups is 2. The van der Waals surface area contributed by atoms with Crippen LogP contribution in [0.1, 0.15) is 26.7 Å². The van der Waals surface area contributed by atoms with Crippen LogP contribution in [-0.4, -0.2) is 47.7 Å². The van der Waals surface area contributed by atoms with E-state index in [4.69, 9.17) is 10.8 Å². The van der Waals surface area contributed by atoms with Gasteiger partial charge in [-0.15, -0.1) is 0 Å². The highest BCUT2D eigenvalue weighted by Gasteiger charge is 2.30. The molecule has 0 aliphatic carbocycles. The largest absolute Gasteiger partial charge is 0.481 e. The first-order chi connectivity index (χ1) is 8.38. The summed E-state index contributed by atoms with van der Waals surface area (Å²) >= 11 is 0. The maximum absolute atomic E-state index is 11.2. The van der Waals surface area contributed by atoms with Gasteiger partial charge in [0.15, 0.2) is 0 Å². The van der Waals surface area contributed by atoms with Crippen LogP contribution in [0, 0.1) is 11.8 Å². The molecule has 2 unspecified atom stereocenters. The molecule has 1 saturated heterocycles. The monoisotopic (exact) mass is 257 g/mol. The number of nitrogens with zero attached hydrogens (tertiary/aromatic N) is 1. The summed E-state index contributed by atoms with van der Waals surface area (Å²) in [5.41, 5.74) is 5.29. The molecule has 104 valence electrons. The fraction of sp³-hybridized carbons (Fsp3) is 0.833. The summed E-state index contributed by atoms with van der Waals surface area (Å²) in [4.78, 5) is 23.5. The molecule has 1 aliphatic rings. The average Bonchev–Trinajstić information content (AvgIpc) is 2.25. The molecule has 0 radical (unpaired) electrons. The first-order valence-corrected chi connectivity index (χ1v) is 6.38. The van der Waals surface area contributed by atoms with E-state index in [-0.39, 0.29) is 18.4 Å². The third-order valence-corrected chi connectivity index (χ3v) is 3.13. The third-order valence-electron chi connectivity index (χ3n) is 3.13. The molecule has 6 nitrogen and oxygen atoms in total. The van der Waals surface area contributed by atoms with Gasteiger partial charge in [0, 0.05) is 25.6 Å². The van der Waals surface area contributed by atoms with Crippen molar-refractivity contribution in [2.24, 2.45) is 17.6 Å². The van der Waals surface area contributed by atoms with Gasteiger partial charge in [0.25, 0.3) is 0 Å². The van der Waals surface area contributed by atoms with Gasteiger partial charge in [-0.1, -0.05) is 13.8 Å². The van der Waals surface area contributed by atoms with E-state index < -0.39 is 12.0 Å². The molecule has 4 N–H and O–H groups in total. The van der Waals surface area contributed by atoms with Crippen LogP contribution in [0.2, 0.25) is 0 Å². The molecule has 1 rings (SSSR count). The van der Waals surface area contributed by atoms with Gasteiger partial charge in [0.1, 0.15) is 0 Å². The molecule has 2 atom stereocenters. The summed E-state index contributed by atoms with van der Waals surface area (Å²) in [6.45, 7) is 6.09. The number of piperidine rings is 1. The molecule has 2 amide bonds. The van der Waals surface area contributed by atoms with Gasteiger partial charge < -0.3 is 21.1 Å². The summed E-state index contributed by atoms with van der Waals surface area (Å²) in [5, 5.41) is 12.2. The highest BCUT2D eigenvalue weighted by atomic mass is 16.4. The van der Waals surface area contributed by atoms with Crippen LogP contribution >= 0.6 is 0 Å². The number of nitrogens with one attached hydrogen (secondary N) is 1. The van der Waals surface area contributed by atoms with E-state index in [1.807, 2.05) is 0 Å². The van der Waals surface area contributed by atoms with Crippen LogP contribution < -0.4 is 11.1 Å². The minimum Gasteiger partial charge on any atom is -0.481 e. The smallest absolute Gasteiger partial charge is 0.314 e. The number of carbonyl (C=O) groups excluding carboxylic acids is 1. The van der Waals surface area contributed by atoms with E-state index in [9.17, 15) is 9.59 Å². The maximum Gasteiger partial charge on any atom is 0.314 e. The molecule has 1 heterocycles. The summed E-state index contributed by atoms with van der Waals surface area (Å²) in [5.74, 6) is -0.325. The van der Waals surface area contributed by atoms with Gasteiger partial charge in [0.2, 0.25) is 0 Å². The molecule has 1 aliphatic heterocycles. The predicted molar refractivity (Wildman–Crippen MR) is 68.1 cm³/mol. The molecule has 0 spiro atoms. The lowest BCUT2D eigenvalue weighted by Gasteiger charge is -2.37. The second kappa shape index (κ2) is 6.58. The molecule has 0 aromatic rings. The predicted octanol–water partition coefficient (Wildman–Crippen LogP) is 0.476. The number of carboxylic acids is 1. The zero-order chi connectivity index (χ0) is 13.7. The number of primary amides is 1. The molecular weight excluding hydrogens is 234 g/mol. The summed E-state index contributed by atoms with van der Waals surface area (Å²) < 4.78 is 0. The van der Waals surface area contributed by atoms with Crippen molar-refractivity contribution < 1.29 is 14.7 Å². The number of nitrogens with two attached hydrogens (primary N) is 1. The number of hydrogen-bond acceptors (Lipinski definition) is 3.